The lowest BCUT2D eigenvalue weighted by molar-refractivity contribution is 1.18. The zero-order valence-electron chi connectivity index (χ0n) is 25.8. The number of hydrogen-bond acceptors (Lipinski definition) is 2. The van der Waals surface area contributed by atoms with E-state index in [4.69, 9.17) is 9.97 Å². The van der Waals surface area contributed by atoms with E-state index >= 15 is 0 Å². The van der Waals surface area contributed by atoms with E-state index in [1.165, 1.54) is 54.6 Å². The Balaban J connectivity index is 1.30. The van der Waals surface area contributed by atoms with Gasteiger partial charge in [0.05, 0.1) is 16.7 Å². The Morgan fingerprint density at radius 1 is 0.522 bits per heavy atom. The maximum Gasteiger partial charge on any atom is 0.159 e. The van der Waals surface area contributed by atoms with Crippen LogP contribution >= 0.6 is 0 Å². The van der Waals surface area contributed by atoms with Crippen molar-refractivity contribution in [1.82, 2.24) is 14.5 Å². The molecule has 9 rings (SSSR count). The van der Waals surface area contributed by atoms with Crippen LogP contribution in [0.1, 0.15) is 0 Å². The van der Waals surface area contributed by atoms with Gasteiger partial charge in [0.15, 0.2) is 5.82 Å². The van der Waals surface area contributed by atoms with Gasteiger partial charge < -0.3 is 4.57 Å². The Hall–Kier alpha value is -5.58. The van der Waals surface area contributed by atoms with Crippen LogP contribution in [0.3, 0.4) is 0 Å². The zero-order valence-corrected chi connectivity index (χ0v) is 26.8. The molecule has 0 N–H and O–H groups in total. The molecule has 218 valence electrons. The summed E-state index contributed by atoms with van der Waals surface area (Å²) < 4.78 is 2.38. The topological polar surface area (TPSA) is 30.7 Å². The Morgan fingerprint density at radius 3 is 2.00 bits per heavy atom. The molecule has 6 aromatic carbocycles. The van der Waals surface area contributed by atoms with Gasteiger partial charge in [0.1, 0.15) is 8.07 Å². The van der Waals surface area contributed by atoms with E-state index in [0.717, 1.165) is 28.3 Å². The lowest BCUT2D eigenvalue weighted by Gasteiger charge is -2.19. The van der Waals surface area contributed by atoms with Gasteiger partial charge in [0.25, 0.3) is 0 Å². The molecule has 0 aliphatic carbocycles. The van der Waals surface area contributed by atoms with E-state index in [2.05, 4.69) is 163 Å². The molecule has 0 saturated heterocycles. The third kappa shape index (κ3) is 3.97. The van der Waals surface area contributed by atoms with Crippen LogP contribution in [-0.4, -0.2) is 22.6 Å². The minimum atomic E-state index is -2.04. The van der Waals surface area contributed by atoms with E-state index in [1.807, 2.05) is 6.07 Å². The molecule has 0 spiro atoms. The summed E-state index contributed by atoms with van der Waals surface area (Å²) in [4.78, 5) is 10.7. The fraction of sp³-hybridized carbons (Fsp3) is 0.0476. The number of nitrogens with zero attached hydrogens (tertiary/aromatic N) is 3. The second-order valence-corrected chi connectivity index (χ2v) is 16.9. The van der Waals surface area contributed by atoms with Crippen molar-refractivity contribution in [2.24, 2.45) is 0 Å². The molecular formula is C42H31N3Si. The monoisotopic (exact) mass is 605 g/mol. The number of para-hydroxylation sites is 2. The van der Waals surface area contributed by atoms with E-state index < -0.39 is 8.07 Å². The summed E-state index contributed by atoms with van der Waals surface area (Å²) in [6.07, 6.45) is 0. The van der Waals surface area contributed by atoms with Crippen LogP contribution in [-0.2, 0) is 0 Å². The number of aromatic nitrogens is 3. The van der Waals surface area contributed by atoms with E-state index in [0.29, 0.717) is 0 Å². The molecular weight excluding hydrogens is 575 g/mol. The van der Waals surface area contributed by atoms with Gasteiger partial charge in [-0.05, 0) is 52.2 Å². The molecule has 0 unspecified atom stereocenters. The van der Waals surface area contributed by atoms with Crippen LogP contribution in [0.25, 0.3) is 72.4 Å². The van der Waals surface area contributed by atoms with Crippen LogP contribution in [0.15, 0.2) is 152 Å². The van der Waals surface area contributed by atoms with Crippen LogP contribution in [0.2, 0.25) is 13.1 Å². The van der Waals surface area contributed by atoms with Gasteiger partial charge in [-0.2, -0.15) is 0 Å². The summed E-state index contributed by atoms with van der Waals surface area (Å²) >= 11 is 0. The van der Waals surface area contributed by atoms with Gasteiger partial charge in [-0.25, -0.2) is 9.97 Å². The molecule has 1 aliphatic rings. The van der Waals surface area contributed by atoms with E-state index in [1.54, 1.807) is 0 Å². The largest absolute Gasteiger partial charge is 0.309 e. The third-order valence-corrected chi connectivity index (χ3v) is 12.9. The molecule has 0 saturated carbocycles. The van der Waals surface area contributed by atoms with Crippen molar-refractivity contribution in [3.63, 3.8) is 0 Å². The molecule has 0 atom stereocenters. The van der Waals surface area contributed by atoms with Crippen molar-refractivity contribution < 1.29 is 0 Å². The van der Waals surface area contributed by atoms with Gasteiger partial charge in [0, 0.05) is 38.5 Å². The van der Waals surface area contributed by atoms with Crippen LogP contribution in [0.5, 0.6) is 0 Å². The first-order valence-corrected chi connectivity index (χ1v) is 18.9. The lowest BCUT2D eigenvalue weighted by atomic mass is 9.95. The maximum atomic E-state index is 5.35. The highest BCUT2D eigenvalue weighted by Crippen LogP contribution is 2.41. The predicted octanol–water partition coefficient (Wildman–Crippen LogP) is 9.38. The molecule has 46 heavy (non-hydrogen) atoms. The number of rotatable bonds is 4. The standard InChI is InChI=1S/C42H31N3Si/c1-46(2)37-26-12-10-22-34(37)39-40(43-41(44-42(39)46)28-15-5-3-6-16-28)30-18-13-17-29(27-30)32-23-14-25-36-38(32)33-21-9-11-24-35(33)45(36)31-19-7-4-8-20-31/h3-27H,1-2H3. The molecule has 3 heterocycles. The molecule has 0 radical (unpaired) electrons. The summed E-state index contributed by atoms with van der Waals surface area (Å²) in [5.74, 6) is 0.793. The highest BCUT2D eigenvalue weighted by molar-refractivity contribution is 7.03. The van der Waals surface area contributed by atoms with Crippen LogP contribution in [0.4, 0.5) is 0 Å². The molecule has 3 nitrogen and oxygen atoms in total. The minimum absolute atomic E-state index is 0.793. The quantitative estimate of drug-likeness (QED) is 0.187. The van der Waals surface area contributed by atoms with Crippen molar-refractivity contribution in [1.29, 1.82) is 0 Å². The Bertz CT molecular complexity index is 2440. The molecule has 1 aliphatic heterocycles. The predicted molar refractivity (Wildman–Crippen MR) is 195 cm³/mol. The summed E-state index contributed by atoms with van der Waals surface area (Å²) in [7, 11) is -2.04. The molecule has 8 aromatic rings. The van der Waals surface area contributed by atoms with Gasteiger partial charge >= 0.3 is 0 Å². The summed E-state index contributed by atoms with van der Waals surface area (Å²) in [5, 5.41) is 5.16. The average molecular weight is 606 g/mol. The van der Waals surface area contributed by atoms with Gasteiger partial charge in [0.2, 0.25) is 0 Å². The Morgan fingerprint density at radius 2 is 1.15 bits per heavy atom. The Labute approximate surface area is 269 Å². The van der Waals surface area contributed by atoms with Gasteiger partial charge in [-0.3, -0.25) is 0 Å². The number of hydrogen-bond donors (Lipinski definition) is 0. The summed E-state index contributed by atoms with van der Waals surface area (Å²) in [6, 6.07) is 54.3. The van der Waals surface area contributed by atoms with Crippen molar-refractivity contribution >= 4 is 40.4 Å². The normalized spacial score (nSPS) is 13.2. The van der Waals surface area contributed by atoms with Gasteiger partial charge in [-0.1, -0.05) is 134 Å². The number of fused-ring (bicyclic) bond motifs is 6. The first kappa shape index (κ1) is 26.8. The molecule has 0 fully saturated rings. The fourth-order valence-corrected chi connectivity index (χ4v) is 10.3. The first-order valence-electron chi connectivity index (χ1n) is 15.9. The van der Waals surface area contributed by atoms with Crippen LogP contribution < -0.4 is 10.5 Å². The maximum absolute atomic E-state index is 5.35. The first-order chi connectivity index (χ1) is 22.6. The average Bonchev–Trinajstić information content (AvgIpc) is 3.58. The second-order valence-electron chi connectivity index (χ2n) is 12.6. The van der Waals surface area contributed by atoms with E-state index in [-0.39, 0.29) is 0 Å². The molecule has 0 bridgehead atoms. The SMILES string of the molecule is C[Si]1(C)c2ccccc2-c2c(-c3cccc(-c4cccc5c4c4ccccc4n5-c4ccccc4)c3)nc(-c3ccccc3)nc21. The fourth-order valence-electron chi connectivity index (χ4n) is 7.42. The highest BCUT2D eigenvalue weighted by Gasteiger charge is 2.41. The second kappa shape index (κ2) is 10.2. The third-order valence-electron chi connectivity index (χ3n) is 9.56. The molecule has 0 amide bonds. The highest BCUT2D eigenvalue weighted by atomic mass is 28.3. The van der Waals surface area contributed by atoms with Gasteiger partial charge in [-0.15, -0.1) is 0 Å². The lowest BCUT2D eigenvalue weighted by Crippen LogP contribution is -2.50. The summed E-state index contributed by atoms with van der Waals surface area (Å²) in [6.45, 7) is 4.84. The zero-order chi connectivity index (χ0) is 30.8. The summed E-state index contributed by atoms with van der Waals surface area (Å²) in [5.41, 5.74) is 11.6. The Kier molecular flexibility index (Phi) is 5.96. The van der Waals surface area contributed by atoms with Crippen LogP contribution in [0, 0.1) is 0 Å². The van der Waals surface area contributed by atoms with Crippen molar-refractivity contribution in [3.8, 4) is 50.6 Å². The van der Waals surface area contributed by atoms with Crippen molar-refractivity contribution in [2.75, 3.05) is 0 Å². The minimum Gasteiger partial charge on any atom is -0.309 e. The van der Waals surface area contributed by atoms with Crippen molar-refractivity contribution in [3.05, 3.63) is 152 Å². The number of benzene rings is 6. The van der Waals surface area contributed by atoms with Crippen molar-refractivity contribution in [2.45, 2.75) is 13.1 Å². The molecule has 4 heteroatoms. The smallest absolute Gasteiger partial charge is 0.159 e. The van der Waals surface area contributed by atoms with E-state index in [9.17, 15) is 0 Å². The molecule has 2 aromatic heterocycles.